The molecule has 16 heavy (non-hydrogen) atoms. The van der Waals surface area contributed by atoms with Gasteiger partial charge in [-0.05, 0) is 32.2 Å². The number of rotatable bonds is 4. The van der Waals surface area contributed by atoms with Crippen LogP contribution in [0.4, 0.5) is 4.39 Å². The first-order valence-electron chi connectivity index (χ1n) is 4.85. The number of likely N-dealkylation sites (N-methyl/N-ethyl adjacent to an activating group) is 1. The molecule has 1 rings (SSSR count). The number of hydrogen-bond acceptors (Lipinski definition) is 2. The largest absolute Gasteiger partial charge is 0.368 e. The fourth-order valence-electron chi connectivity index (χ4n) is 1.29. The second-order valence-electron chi connectivity index (χ2n) is 3.73. The van der Waals surface area contributed by atoms with Crippen molar-refractivity contribution in [3.8, 4) is 0 Å². The molecule has 0 aliphatic carbocycles. The minimum absolute atomic E-state index is 0.285. The van der Waals surface area contributed by atoms with Gasteiger partial charge in [-0.3, -0.25) is 9.69 Å². The van der Waals surface area contributed by atoms with Crippen LogP contribution in [0.3, 0.4) is 0 Å². The molecule has 2 N–H and O–H groups in total. The van der Waals surface area contributed by atoms with Gasteiger partial charge in [0.1, 0.15) is 5.82 Å². The highest BCUT2D eigenvalue weighted by atomic mass is 79.9. The van der Waals surface area contributed by atoms with Crippen molar-refractivity contribution < 1.29 is 9.18 Å². The molecule has 0 unspecified atom stereocenters. The first-order chi connectivity index (χ1) is 7.41. The number of nitrogens with zero attached hydrogens (tertiary/aromatic N) is 1. The zero-order valence-corrected chi connectivity index (χ0v) is 10.8. The molecule has 1 atom stereocenters. The highest BCUT2D eigenvalue weighted by Crippen LogP contribution is 2.17. The molecule has 5 heteroatoms. The predicted molar refractivity (Wildman–Crippen MR) is 64.2 cm³/mol. The van der Waals surface area contributed by atoms with E-state index in [9.17, 15) is 9.18 Å². The molecule has 0 heterocycles. The number of carbonyl (C=O) groups excluding carboxylic acids is 1. The van der Waals surface area contributed by atoms with Crippen molar-refractivity contribution in [3.63, 3.8) is 0 Å². The summed E-state index contributed by atoms with van der Waals surface area (Å²) in [6.45, 7) is 2.04. The van der Waals surface area contributed by atoms with Crippen LogP contribution in [0.1, 0.15) is 12.5 Å². The minimum Gasteiger partial charge on any atom is -0.368 e. The van der Waals surface area contributed by atoms with Crippen molar-refractivity contribution >= 4 is 21.8 Å². The summed E-state index contributed by atoms with van der Waals surface area (Å²) < 4.78 is 14.2. The molecule has 1 aromatic carbocycles. The van der Waals surface area contributed by atoms with Gasteiger partial charge >= 0.3 is 0 Å². The van der Waals surface area contributed by atoms with Crippen LogP contribution in [0.25, 0.3) is 0 Å². The van der Waals surface area contributed by atoms with Gasteiger partial charge in [0.25, 0.3) is 0 Å². The quantitative estimate of drug-likeness (QED) is 0.920. The number of halogens is 2. The van der Waals surface area contributed by atoms with E-state index in [0.717, 1.165) is 4.47 Å². The standard InChI is InChI=1S/C11H14BrFN2O/c1-7(11(14)16)15(2)6-8-5-9(12)3-4-10(8)13/h3-5,7H,6H2,1-2H3,(H2,14,16)/t7-/m0/s1. The van der Waals surface area contributed by atoms with Crippen molar-refractivity contribution in [1.29, 1.82) is 0 Å². The molecular formula is C11H14BrFN2O. The van der Waals surface area contributed by atoms with Crippen molar-refractivity contribution in [2.75, 3.05) is 7.05 Å². The molecule has 0 fully saturated rings. The molecule has 3 nitrogen and oxygen atoms in total. The van der Waals surface area contributed by atoms with Crippen LogP contribution in [-0.2, 0) is 11.3 Å². The number of nitrogens with two attached hydrogens (primary N) is 1. The highest BCUT2D eigenvalue weighted by molar-refractivity contribution is 9.10. The second kappa shape index (κ2) is 5.41. The summed E-state index contributed by atoms with van der Waals surface area (Å²) in [5, 5.41) is 0. The summed E-state index contributed by atoms with van der Waals surface area (Å²) in [7, 11) is 1.73. The van der Waals surface area contributed by atoms with E-state index in [1.165, 1.54) is 6.07 Å². The molecule has 1 aromatic rings. The average Bonchev–Trinajstić information content (AvgIpc) is 2.22. The molecule has 0 aliphatic rings. The van der Waals surface area contributed by atoms with Gasteiger partial charge < -0.3 is 5.73 Å². The fraction of sp³-hybridized carbons (Fsp3) is 0.364. The Morgan fingerprint density at radius 3 is 2.81 bits per heavy atom. The third-order valence-corrected chi connectivity index (χ3v) is 2.99. The van der Waals surface area contributed by atoms with Gasteiger partial charge in [-0.15, -0.1) is 0 Å². The van der Waals surface area contributed by atoms with Gasteiger partial charge in [0.05, 0.1) is 6.04 Å². The zero-order valence-electron chi connectivity index (χ0n) is 9.21. The monoisotopic (exact) mass is 288 g/mol. The van der Waals surface area contributed by atoms with E-state index in [0.29, 0.717) is 12.1 Å². The smallest absolute Gasteiger partial charge is 0.234 e. The Hall–Kier alpha value is -0.940. The Bertz CT molecular complexity index is 398. The van der Waals surface area contributed by atoms with E-state index in [4.69, 9.17) is 5.73 Å². The van der Waals surface area contributed by atoms with Crippen LogP contribution >= 0.6 is 15.9 Å². The summed E-state index contributed by atoms with van der Waals surface area (Å²) in [4.78, 5) is 12.7. The molecule has 0 saturated heterocycles. The normalized spacial score (nSPS) is 12.8. The Morgan fingerprint density at radius 2 is 2.25 bits per heavy atom. The Labute approximate surface area is 103 Å². The van der Waals surface area contributed by atoms with Crippen LogP contribution in [-0.4, -0.2) is 23.9 Å². The lowest BCUT2D eigenvalue weighted by Gasteiger charge is -2.22. The molecule has 0 aromatic heterocycles. The SMILES string of the molecule is C[C@@H](C(N)=O)N(C)Cc1cc(Br)ccc1F. The van der Waals surface area contributed by atoms with E-state index in [-0.39, 0.29) is 5.82 Å². The van der Waals surface area contributed by atoms with Crippen LogP contribution in [0.5, 0.6) is 0 Å². The summed E-state index contributed by atoms with van der Waals surface area (Å²) in [5.41, 5.74) is 5.71. The van der Waals surface area contributed by atoms with E-state index >= 15 is 0 Å². The van der Waals surface area contributed by atoms with Gasteiger partial charge in [0, 0.05) is 16.6 Å². The van der Waals surface area contributed by atoms with E-state index in [1.54, 1.807) is 31.0 Å². The van der Waals surface area contributed by atoms with Gasteiger partial charge in [-0.2, -0.15) is 0 Å². The summed E-state index contributed by atoms with van der Waals surface area (Å²) in [5.74, 6) is -0.704. The molecule has 0 saturated carbocycles. The van der Waals surface area contributed by atoms with Gasteiger partial charge in [-0.1, -0.05) is 15.9 Å². The maximum absolute atomic E-state index is 13.4. The Kier molecular flexibility index (Phi) is 4.44. The van der Waals surface area contributed by atoms with Crippen LogP contribution in [0.15, 0.2) is 22.7 Å². The number of carbonyl (C=O) groups is 1. The molecule has 1 amide bonds. The topological polar surface area (TPSA) is 46.3 Å². The molecule has 0 spiro atoms. The van der Waals surface area contributed by atoms with Crippen molar-refractivity contribution in [1.82, 2.24) is 4.90 Å². The first-order valence-corrected chi connectivity index (χ1v) is 5.64. The maximum atomic E-state index is 13.4. The number of amides is 1. The maximum Gasteiger partial charge on any atom is 0.234 e. The van der Waals surface area contributed by atoms with Crippen molar-refractivity contribution in [3.05, 3.63) is 34.1 Å². The predicted octanol–water partition coefficient (Wildman–Crippen LogP) is 1.89. The molecular weight excluding hydrogens is 275 g/mol. The van der Waals surface area contributed by atoms with Crippen molar-refractivity contribution in [2.24, 2.45) is 5.73 Å². The third-order valence-electron chi connectivity index (χ3n) is 2.50. The molecule has 0 radical (unpaired) electrons. The van der Waals surface area contributed by atoms with Gasteiger partial charge in [0.2, 0.25) is 5.91 Å². The molecule has 88 valence electrons. The summed E-state index contributed by atoms with van der Waals surface area (Å²) in [6.07, 6.45) is 0. The molecule has 0 aliphatic heterocycles. The first kappa shape index (κ1) is 13.1. The van der Waals surface area contributed by atoms with Gasteiger partial charge in [-0.25, -0.2) is 4.39 Å². The fourth-order valence-corrected chi connectivity index (χ4v) is 1.70. The summed E-state index contributed by atoms with van der Waals surface area (Å²) >= 11 is 3.28. The second-order valence-corrected chi connectivity index (χ2v) is 4.64. The Balaban J connectivity index is 2.80. The lowest BCUT2D eigenvalue weighted by atomic mass is 10.2. The number of benzene rings is 1. The lowest BCUT2D eigenvalue weighted by molar-refractivity contribution is -0.122. The van der Waals surface area contributed by atoms with Crippen LogP contribution in [0.2, 0.25) is 0 Å². The third kappa shape index (κ3) is 3.28. The average molecular weight is 289 g/mol. The van der Waals surface area contributed by atoms with Crippen LogP contribution < -0.4 is 5.73 Å². The number of hydrogen-bond donors (Lipinski definition) is 1. The molecule has 0 bridgehead atoms. The zero-order chi connectivity index (χ0) is 12.3. The Morgan fingerprint density at radius 1 is 1.62 bits per heavy atom. The number of primary amides is 1. The van der Waals surface area contributed by atoms with Crippen LogP contribution in [0, 0.1) is 5.82 Å². The van der Waals surface area contributed by atoms with E-state index in [1.807, 2.05) is 0 Å². The van der Waals surface area contributed by atoms with E-state index in [2.05, 4.69) is 15.9 Å². The minimum atomic E-state index is -0.419. The van der Waals surface area contributed by atoms with E-state index < -0.39 is 11.9 Å². The lowest BCUT2D eigenvalue weighted by Crippen LogP contribution is -2.39. The summed E-state index contributed by atoms with van der Waals surface area (Å²) in [6, 6.07) is 4.30. The highest BCUT2D eigenvalue weighted by Gasteiger charge is 2.16. The van der Waals surface area contributed by atoms with Gasteiger partial charge in [0.15, 0.2) is 0 Å². The van der Waals surface area contributed by atoms with Crippen molar-refractivity contribution in [2.45, 2.75) is 19.5 Å².